The Labute approximate surface area is 113 Å². The van der Waals surface area contributed by atoms with Gasteiger partial charge in [0.05, 0.1) is 0 Å². The van der Waals surface area contributed by atoms with Crippen LogP contribution in [0.25, 0.3) is 0 Å². The van der Waals surface area contributed by atoms with Crippen molar-refractivity contribution in [1.29, 1.82) is 0 Å². The molecule has 8 heteroatoms. The van der Waals surface area contributed by atoms with E-state index in [9.17, 15) is 8.42 Å². The summed E-state index contributed by atoms with van der Waals surface area (Å²) < 4.78 is 24.2. The fraction of sp³-hybridized carbons (Fsp3) is 0.900. The van der Waals surface area contributed by atoms with Gasteiger partial charge in [-0.3, -0.25) is 10.4 Å². The summed E-state index contributed by atoms with van der Waals surface area (Å²) in [6.07, 6.45) is 0.902. The van der Waals surface area contributed by atoms with Gasteiger partial charge in [-0.15, -0.1) is 0 Å². The van der Waals surface area contributed by atoms with Gasteiger partial charge in [-0.2, -0.15) is 11.8 Å². The molecule has 0 aromatic rings. The molecule has 1 rings (SSSR count). The average Bonchev–Trinajstić information content (AvgIpc) is 2.40. The molecule has 0 aromatic heterocycles. The molecule has 0 bridgehead atoms. The first kappa shape index (κ1) is 15.6. The zero-order chi connectivity index (χ0) is 13.6. The lowest BCUT2D eigenvalue weighted by atomic mass is 10.5. The molecule has 0 radical (unpaired) electrons. The van der Waals surface area contributed by atoms with Crippen LogP contribution in [0, 0.1) is 0 Å². The van der Waals surface area contributed by atoms with Gasteiger partial charge in [-0.1, -0.05) is 13.8 Å². The minimum Gasteiger partial charge on any atom is -0.323 e. The van der Waals surface area contributed by atoms with Crippen LogP contribution in [0.1, 0.15) is 20.3 Å². The van der Waals surface area contributed by atoms with E-state index in [1.807, 2.05) is 6.92 Å². The van der Waals surface area contributed by atoms with E-state index in [0.717, 1.165) is 12.2 Å². The third kappa shape index (κ3) is 3.76. The Hall–Kier alpha value is -0.470. The van der Waals surface area contributed by atoms with Gasteiger partial charge in [0.2, 0.25) is 5.96 Å². The van der Waals surface area contributed by atoms with E-state index >= 15 is 0 Å². The molecule has 1 atom stereocenters. The van der Waals surface area contributed by atoms with Gasteiger partial charge in [0, 0.05) is 30.3 Å². The molecular formula is C10H22N4O2S2. The molecule has 3 N–H and O–H groups in total. The number of hydrogen-bond donors (Lipinski definition) is 2. The molecule has 0 spiro atoms. The molecule has 106 valence electrons. The van der Waals surface area contributed by atoms with Crippen LogP contribution in [0.5, 0.6) is 0 Å². The summed E-state index contributed by atoms with van der Waals surface area (Å²) in [7, 11) is -3.12. The number of nitrogens with two attached hydrogens (primary N) is 1. The van der Waals surface area contributed by atoms with Crippen LogP contribution >= 0.6 is 11.8 Å². The van der Waals surface area contributed by atoms with Crippen LogP contribution in [0.3, 0.4) is 0 Å². The fourth-order valence-corrected chi connectivity index (χ4v) is 4.72. The van der Waals surface area contributed by atoms with E-state index in [4.69, 9.17) is 5.84 Å². The normalized spacial score (nSPS) is 22.1. The largest absolute Gasteiger partial charge is 0.323 e. The number of hydrazine groups is 1. The van der Waals surface area contributed by atoms with Crippen molar-refractivity contribution in [3.05, 3.63) is 0 Å². The Kier molecular flexibility index (Phi) is 6.24. The Morgan fingerprint density at radius 3 is 2.83 bits per heavy atom. The predicted octanol–water partition coefficient (Wildman–Crippen LogP) is 0.0253. The zero-order valence-corrected chi connectivity index (χ0v) is 12.6. The monoisotopic (exact) mass is 294 g/mol. The zero-order valence-electron chi connectivity index (χ0n) is 10.9. The minimum atomic E-state index is -3.12. The first-order valence-corrected chi connectivity index (χ1v) is 9.00. The number of nitrogens with zero attached hydrogens (tertiary/aromatic N) is 2. The molecule has 0 aromatic carbocycles. The van der Waals surface area contributed by atoms with Gasteiger partial charge in [-0.25, -0.2) is 14.3 Å². The standard InChI is InChI=1S/C10H22N4O2S2/c1-3-5-12-10(13-11)14-6-7-17-8-9(14)18(15,16)4-2/h9H,3-8,11H2,1-2H3,(H,12,13). The van der Waals surface area contributed by atoms with E-state index in [-0.39, 0.29) is 5.75 Å². The molecule has 1 heterocycles. The maximum atomic E-state index is 12.1. The number of sulfone groups is 1. The average molecular weight is 294 g/mol. The summed E-state index contributed by atoms with van der Waals surface area (Å²) in [5.74, 6) is 7.56. The summed E-state index contributed by atoms with van der Waals surface area (Å²) in [5.41, 5.74) is 2.53. The van der Waals surface area contributed by atoms with Gasteiger partial charge in [-0.05, 0) is 6.42 Å². The van der Waals surface area contributed by atoms with Crippen LogP contribution in [-0.4, -0.2) is 55.0 Å². The van der Waals surface area contributed by atoms with E-state index < -0.39 is 15.2 Å². The van der Waals surface area contributed by atoms with Crippen molar-refractivity contribution >= 4 is 27.6 Å². The summed E-state index contributed by atoms with van der Waals surface area (Å²) in [5, 5.41) is -0.520. The minimum absolute atomic E-state index is 0.139. The Balaban J connectivity index is 2.94. The highest BCUT2D eigenvalue weighted by Crippen LogP contribution is 2.21. The Morgan fingerprint density at radius 2 is 2.28 bits per heavy atom. The maximum Gasteiger partial charge on any atom is 0.209 e. The second-order valence-electron chi connectivity index (χ2n) is 4.02. The van der Waals surface area contributed by atoms with Gasteiger partial charge < -0.3 is 4.90 Å². The molecule has 6 nitrogen and oxygen atoms in total. The third-order valence-corrected chi connectivity index (χ3v) is 6.08. The lowest BCUT2D eigenvalue weighted by molar-refractivity contribution is 0.394. The Bertz CT molecular complexity index is 383. The van der Waals surface area contributed by atoms with Crippen molar-refractivity contribution in [2.75, 3.05) is 30.3 Å². The highest BCUT2D eigenvalue weighted by Gasteiger charge is 2.34. The number of guanidine groups is 1. The summed E-state index contributed by atoms with van der Waals surface area (Å²) >= 11 is 1.66. The topological polar surface area (TPSA) is 87.8 Å². The second-order valence-corrected chi connectivity index (χ2v) is 7.62. The van der Waals surface area contributed by atoms with Gasteiger partial charge in [0.1, 0.15) is 5.37 Å². The predicted molar refractivity (Wildman–Crippen MR) is 77.2 cm³/mol. The number of thioether (sulfide) groups is 1. The summed E-state index contributed by atoms with van der Waals surface area (Å²) in [6.45, 7) is 4.98. The lowest BCUT2D eigenvalue weighted by Crippen LogP contribution is -2.56. The van der Waals surface area contributed by atoms with E-state index in [1.165, 1.54) is 0 Å². The van der Waals surface area contributed by atoms with Gasteiger partial charge >= 0.3 is 0 Å². The second kappa shape index (κ2) is 7.20. The van der Waals surface area contributed by atoms with E-state index in [2.05, 4.69) is 10.4 Å². The summed E-state index contributed by atoms with van der Waals surface area (Å²) in [6, 6.07) is 0. The Morgan fingerprint density at radius 1 is 1.56 bits per heavy atom. The van der Waals surface area contributed by atoms with Crippen LogP contribution in [-0.2, 0) is 9.84 Å². The van der Waals surface area contributed by atoms with Crippen molar-refractivity contribution < 1.29 is 8.42 Å². The molecule has 0 aliphatic carbocycles. The van der Waals surface area contributed by atoms with Crippen LogP contribution in [0.4, 0.5) is 0 Å². The van der Waals surface area contributed by atoms with Crippen molar-refractivity contribution in [2.24, 2.45) is 10.8 Å². The number of hydrogen-bond acceptors (Lipinski definition) is 5. The first-order valence-electron chi connectivity index (χ1n) is 6.13. The highest BCUT2D eigenvalue weighted by atomic mass is 32.2. The molecular weight excluding hydrogens is 272 g/mol. The van der Waals surface area contributed by atoms with Crippen molar-refractivity contribution in [3.8, 4) is 0 Å². The van der Waals surface area contributed by atoms with Gasteiger partial charge in [0.25, 0.3) is 0 Å². The smallest absolute Gasteiger partial charge is 0.209 e. The fourth-order valence-electron chi connectivity index (χ4n) is 1.75. The highest BCUT2D eigenvalue weighted by molar-refractivity contribution is 8.01. The quantitative estimate of drug-likeness (QED) is 0.329. The van der Waals surface area contributed by atoms with Crippen molar-refractivity contribution in [1.82, 2.24) is 10.3 Å². The molecule has 1 aliphatic rings. The molecule has 0 amide bonds. The first-order chi connectivity index (χ1) is 8.56. The molecule has 1 aliphatic heterocycles. The van der Waals surface area contributed by atoms with Crippen molar-refractivity contribution in [2.45, 2.75) is 25.6 Å². The van der Waals surface area contributed by atoms with Crippen LogP contribution in [0.2, 0.25) is 0 Å². The van der Waals surface area contributed by atoms with Crippen molar-refractivity contribution in [3.63, 3.8) is 0 Å². The SMILES string of the molecule is CCCN=C(NN)N1CCSCC1S(=O)(=O)CC. The van der Waals surface area contributed by atoms with Crippen LogP contribution < -0.4 is 11.3 Å². The number of rotatable bonds is 4. The lowest BCUT2D eigenvalue weighted by Gasteiger charge is -2.36. The van der Waals surface area contributed by atoms with E-state index in [0.29, 0.717) is 24.8 Å². The number of nitrogens with one attached hydrogen (secondary N) is 1. The molecule has 1 unspecified atom stereocenters. The molecule has 1 saturated heterocycles. The molecule has 18 heavy (non-hydrogen) atoms. The molecule has 1 fully saturated rings. The third-order valence-electron chi connectivity index (χ3n) is 2.79. The molecule has 0 saturated carbocycles. The van der Waals surface area contributed by atoms with Gasteiger partial charge in [0.15, 0.2) is 9.84 Å². The van der Waals surface area contributed by atoms with Crippen LogP contribution in [0.15, 0.2) is 4.99 Å². The number of aliphatic imine (C=N–C) groups is 1. The maximum absolute atomic E-state index is 12.1. The van der Waals surface area contributed by atoms with E-state index in [1.54, 1.807) is 23.6 Å². The summed E-state index contributed by atoms with van der Waals surface area (Å²) in [4.78, 5) is 6.10.